The van der Waals surface area contributed by atoms with E-state index in [1.165, 1.54) is 41.7 Å². The van der Waals surface area contributed by atoms with Gasteiger partial charge in [-0.15, -0.1) is 0 Å². The predicted molar refractivity (Wildman–Crippen MR) is 133 cm³/mol. The van der Waals surface area contributed by atoms with E-state index in [9.17, 15) is 26.4 Å². The second-order valence-corrected chi connectivity index (χ2v) is 12.3. The maximum atomic E-state index is 13.3. The van der Waals surface area contributed by atoms with Crippen molar-refractivity contribution < 1.29 is 31.2 Å². The molecule has 36 heavy (non-hydrogen) atoms. The Morgan fingerprint density at radius 3 is 2.14 bits per heavy atom. The van der Waals surface area contributed by atoms with Gasteiger partial charge in [0.1, 0.15) is 5.75 Å². The number of methoxy groups -OCH3 is 1. The number of aryl methyl sites for hydroxylation is 1. The standard InChI is InChI=1S/C23H28N4O7S2/c1-16-4-5-17(14-21(16)36(32,33)26-12-10-25(2)11-13-26)24-35(30,31)18-6-7-20(34-3)19(15-18)27-22(28)8-9-23(27)29/h4-7,14-15,24H,8-13H2,1-3H3. The van der Waals surface area contributed by atoms with Crippen molar-refractivity contribution >= 4 is 43.2 Å². The highest BCUT2D eigenvalue weighted by Gasteiger charge is 2.34. The Hall–Kier alpha value is -3.00. The fourth-order valence-electron chi connectivity index (χ4n) is 4.18. The van der Waals surface area contributed by atoms with Crippen molar-refractivity contribution in [1.29, 1.82) is 0 Å². The summed E-state index contributed by atoms with van der Waals surface area (Å²) in [6.45, 7) is 3.55. The van der Waals surface area contributed by atoms with Gasteiger partial charge in [-0.25, -0.2) is 21.7 Å². The molecule has 194 valence electrons. The molecule has 2 aromatic rings. The molecule has 0 spiro atoms. The average Bonchev–Trinajstić information content (AvgIpc) is 3.17. The van der Waals surface area contributed by atoms with Crippen LogP contribution in [-0.4, -0.2) is 78.2 Å². The first-order valence-electron chi connectivity index (χ1n) is 11.3. The van der Waals surface area contributed by atoms with Gasteiger partial charge < -0.3 is 9.64 Å². The minimum Gasteiger partial charge on any atom is -0.495 e. The molecule has 2 aliphatic heterocycles. The van der Waals surface area contributed by atoms with Gasteiger partial charge in [0.25, 0.3) is 10.0 Å². The van der Waals surface area contributed by atoms with Crippen LogP contribution in [0.2, 0.25) is 0 Å². The zero-order valence-electron chi connectivity index (χ0n) is 20.2. The number of piperazine rings is 1. The largest absolute Gasteiger partial charge is 0.495 e. The summed E-state index contributed by atoms with van der Waals surface area (Å²) in [6, 6.07) is 8.17. The number of benzene rings is 2. The van der Waals surface area contributed by atoms with Gasteiger partial charge in [0.15, 0.2) is 0 Å². The molecule has 0 aromatic heterocycles. The minimum atomic E-state index is -4.20. The van der Waals surface area contributed by atoms with Crippen molar-refractivity contribution in [1.82, 2.24) is 9.21 Å². The lowest BCUT2D eigenvalue weighted by Crippen LogP contribution is -2.47. The maximum Gasteiger partial charge on any atom is 0.261 e. The fourth-order valence-corrected chi connectivity index (χ4v) is 6.92. The maximum absolute atomic E-state index is 13.3. The highest BCUT2D eigenvalue weighted by atomic mass is 32.2. The number of carbonyl (C=O) groups excluding carboxylic acids is 2. The van der Waals surface area contributed by atoms with Gasteiger partial charge >= 0.3 is 0 Å². The molecule has 2 saturated heterocycles. The number of rotatable bonds is 7. The SMILES string of the molecule is COc1ccc(S(=O)(=O)Nc2ccc(C)c(S(=O)(=O)N3CCN(C)CC3)c2)cc1N1C(=O)CCC1=O. The third-order valence-electron chi connectivity index (χ3n) is 6.27. The van der Waals surface area contributed by atoms with Crippen molar-refractivity contribution in [3.05, 3.63) is 42.0 Å². The number of imide groups is 1. The molecule has 4 rings (SSSR count). The first-order chi connectivity index (χ1) is 16.9. The molecule has 13 heteroatoms. The number of hydrogen-bond acceptors (Lipinski definition) is 8. The van der Waals surface area contributed by atoms with Crippen molar-refractivity contribution in [3.63, 3.8) is 0 Å². The number of likely N-dealkylation sites (N-methyl/N-ethyl adjacent to an activating group) is 1. The van der Waals surface area contributed by atoms with Crippen molar-refractivity contribution in [2.24, 2.45) is 0 Å². The van der Waals surface area contributed by atoms with Gasteiger partial charge in [-0.05, 0) is 49.9 Å². The third-order valence-corrected chi connectivity index (χ3v) is 9.69. The van der Waals surface area contributed by atoms with E-state index in [1.54, 1.807) is 13.0 Å². The van der Waals surface area contributed by atoms with Crippen LogP contribution >= 0.6 is 0 Å². The van der Waals surface area contributed by atoms with Gasteiger partial charge in [0.2, 0.25) is 21.8 Å². The first-order valence-corrected chi connectivity index (χ1v) is 14.2. The van der Waals surface area contributed by atoms with Gasteiger partial charge in [-0.1, -0.05) is 6.07 Å². The number of anilines is 2. The van der Waals surface area contributed by atoms with Crippen LogP contribution in [0.5, 0.6) is 5.75 Å². The molecule has 0 unspecified atom stereocenters. The molecule has 2 amide bonds. The van der Waals surface area contributed by atoms with Crippen molar-refractivity contribution in [2.75, 3.05) is 50.0 Å². The Morgan fingerprint density at radius 1 is 0.889 bits per heavy atom. The second-order valence-electron chi connectivity index (χ2n) is 8.75. The molecule has 2 heterocycles. The van der Waals surface area contributed by atoms with Crippen LogP contribution in [0.3, 0.4) is 0 Å². The van der Waals surface area contributed by atoms with Crippen LogP contribution in [0.15, 0.2) is 46.2 Å². The molecule has 0 aliphatic carbocycles. The molecule has 2 fully saturated rings. The monoisotopic (exact) mass is 536 g/mol. The van der Waals surface area contributed by atoms with E-state index in [2.05, 4.69) is 4.72 Å². The number of hydrogen-bond donors (Lipinski definition) is 1. The molecule has 0 atom stereocenters. The van der Waals surface area contributed by atoms with Gasteiger partial charge in [0.05, 0.1) is 28.3 Å². The van der Waals surface area contributed by atoms with Gasteiger partial charge in [-0.3, -0.25) is 14.3 Å². The smallest absolute Gasteiger partial charge is 0.261 e. The number of carbonyl (C=O) groups is 2. The number of ether oxygens (including phenoxy) is 1. The molecule has 11 nitrogen and oxygen atoms in total. The molecule has 2 aromatic carbocycles. The van der Waals surface area contributed by atoms with E-state index in [0.717, 1.165) is 4.90 Å². The Balaban J connectivity index is 1.66. The molecule has 1 N–H and O–H groups in total. The summed E-state index contributed by atoms with van der Waals surface area (Å²) >= 11 is 0. The van der Waals surface area contributed by atoms with E-state index in [0.29, 0.717) is 31.7 Å². The highest BCUT2D eigenvalue weighted by Crippen LogP contribution is 2.35. The summed E-state index contributed by atoms with van der Waals surface area (Å²) in [5.41, 5.74) is 0.601. The van der Waals surface area contributed by atoms with Crippen molar-refractivity contribution in [2.45, 2.75) is 29.6 Å². The predicted octanol–water partition coefficient (Wildman–Crippen LogP) is 1.39. The van der Waals surface area contributed by atoms with Crippen LogP contribution in [0.25, 0.3) is 0 Å². The van der Waals surface area contributed by atoms with Crippen LogP contribution in [0.4, 0.5) is 11.4 Å². The second kappa shape index (κ2) is 9.81. The van der Waals surface area contributed by atoms with E-state index in [-0.39, 0.29) is 39.8 Å². The molecule has 2 aliphatic rings. The van der Waals surface area contributed by atoms with Gasteiger partial charge in [0, 0.05) is 39.0 Å². The average molecular weight is 537 g/mol. The topological polar surface area (TPSA) is 133 Å². The lowest BCUT2D eigenvalue weighted by molar-refractivity contribution is -0.121. The lowest BCUT2D eigenvalue weighted by atomic mass is 10.2. The molecule has 0 radical (unpaired) electrons. The van der Waals surface area contributed by atoms with E-state index in [4.69, 9.17) is 4.74 Å². The minimum absolute atomic E-state index is 0.0240. The van der Waals surface area contributed by atoms with E-state index in [1.807, 2.05) is 11.9 Å². The first kappa shape index (κ1) is 26.1. The molecule has 0 saturated carbocycles. The zero-order chi connectivity index (χ0) is 26.3. The van der Waals surface area contributed by atoms with Gasteiger partial charge in [-0.2, -0.15) is 4.31 Å². The van der Waals surface area contributed by atoms with Crippen LogP contribution in [-0.2, 0) is 29.6 Å². The summed E-state index contributed by atoms with van der Waals surface area (Å²) < 4.78 is 62.0. The Kier molecular flexibility index (Phi) is 7.10. The number of sulfonamides is 2. The highest BCUT2D eigenvalue weighted by molar-refractivity contribution is 7.92. The summed E-state index contributed by atoms with van der Waals surface area (Å²) in [7, 11) is -4.75. The molecular weight excluding hydrogens is 508 g/mol. The molecule has 0 bridgehead atoms. The quantitative estimate of drug-likeness (QED) is 0.525. The summed E-state index contributed by atoms with van der Waals surface area (Å²) in [5, 5.41) is 0. The Labute approximate surface area is 210 Å². The Morgan fingerprint density at radius 2 is 1.53 bits per heavy atom. The lowest BCUT2D eigenvalue weighted by Gasteiger charge is -2.32. The van der Waals surface area contributed by atoms with Crippen LogP contribution in [0.1, 0.15) is 18.4 Å². The normalized spacial score (nSPS) is 18.0. The van der Waals surface area contributed by atoms with Crippen LogP contribution < -0.4 is 14.4 Å². The number of amides is 2. The third kappa shape index (κ3) is 4.96. The summed E-state index contributed by atoms with van der Waals surface area (Å²) in [4.78, 5) is 27.2. The number of nitrogens with one attached hydrogen (secondary N) is 1. The fraction of sp³-hybridized carbons (Fsp3) is 0.391. The zero-order valence-corrected chi connectivity index (χ0v) is 21.9. The molecular formula is C23H28N4O7S2. The van der Waals surface area contributed by atoms with E-state index < -0.39 is 31.9 Å². The summed E-state index contributed by atoms with van der Waals surface area (Å²) in [6.07, 6.45) is 0.0657. The summed E-state index contributed by atoms with van der Waals surface area (Å²) in [5.74, 6) is -0.718. The van der Waals surface area contributed by atoms with Crippen LogP contribution in [0, 0.1) is 6.92 Å². The van der Waals surface area contributed by atoms with Crippen molar-refractivity contribution in [3.8, 4) is 5.75 Å². The van der Waals surface area contributed by atoms with E-state index >= 15 is 0 Å². The Bertz CT molecular complexity index is 1400. The number of nitrogens with zero attached hydrogens (tertiary/aromatic N) is 3.